The van der Waals surface area contributed by atoms with Gasteiger partial charge < -0.3 is 5.11 Å². The number of rotatable bonds is 5. The summed E-state index contributed by atoms with van der Waals surface area (Å²) in [5.41, 5.74) is 2.41. The van der Waals surface area contributed by atoms with Gasteiger partial charge in [0, 0.05) is 0 Å². The molecule has 0 radical (unpaired) electrons. The third-order valence-corrected chi connectivity index (χ3v) is 4.66. The topological polar surface area (TPSA) is 54.4 Å². The third-order valence-electron chi connectivity index (χ3n) is 3.07. The molecule has 2 aromatic rings. The summed E-state index contributed by atoms with van der Waals surface area (Å²) < 4.78 is 24.3. The van der Waals surface area contributed by atoms with Gasteiger partial charge in [0.2, 0.25) is 0 Å². The summed E-state index contributed by atoms with van der Waals surface area (Å²) in [5.74, 6) is -0.302. The summed E-state index contributed by atoms with van der Waals surface area (Å²) in [6.45, 7) is 1.93. The molecule has 0 fully saturated rings. The highest BCUT2D eigenvalue weighted by atomic mass is 32.2. The van der Waals surface area contributed by atoms with Gasteiger partial charge in [-0.2, -0.15) is 0 Å². The standard InChI is InChI=1S/C16H18O3S/c1-13-6-5-7-14(10-13)11-20(18,19)12-16(17)15-8-3-2-4-9-15/h2-10,16-17H,11-12H2,1H3. The molecule has 3 nitrogen and oxygen atoms in total. The monoisotopic (exact) mass is 290 g/mol. The van der Waals surface area contributed by atoms with E-state index in [0.717, 1.165) is 11.1 Å². The molecule has 2 aromatic carbocycles. The van der Waals surface area contributed by atoms with E-state index in [0.29, 0.717) is 5.56 Å². The van der Waals surface area contributed by atoms with E-state index in [4.69, 9.17) is 0 Å². The van der Waals surface area contributed by atoms with Crippen molar-refractivity contribution in [2.45, 2.75) is 18.8 Å². The molecule has 2 rings (SSSR count). The Morgan fingerprint density at radius 1 is 1.05 bits per heavy atom. The molecule has 0 saturated carbocycles. The number of benzene rings is 2. The maximum atomic E-state index is 12.1. The fourth-order valence-corrected chi connectivity index (χ4v) is 3.61. The molecule has 0 heterocycles. The van der Waals surface area contributed by atoms with Crippen LogP contribution in [-0.4, -0.2) is 19.3 Å². The lowest BCUT2D eigenvalue weighted by Gasteiger charge is -2.12. The van der Waals surface area contributed by atoms with E-state index in [9.17, 15) is 13.5 Å². The number of hydrogen-bond acceptors (Lipinski definition) is 3. The molecular weight excluding hydrogens is 272 g/mol. The van der Waals surface area contributed by atoms with Gasteiger partial charge in [0.1, 0.15) is 0 Å². The molecule has 1 atom stereocenters. The van der Waals surface area contributed by atoms with Crippen molar-refractivity contribution < 1.29 is 13.5 Å². The molecule has 0 aliphatic carbocycles. The van der Waals surface area contributed by atoms with Crippen LogP contribution < -0.4 is 0 Å². The molecule has 0 aromatic heterocycles. The van der Waals surface area contributed by atoms with Crippen LogP contribution in [-0.2, 0) is 15.6 Å². The molecule has 0 saturated heterocycles. The first-order valence-electron chi connectivity index (χ1n) is 6.45. The summed E-state index contributed by atoms with van der Waals surface area (Å²) in [7, 11) is -3.35. The Morgan fingerprint density at radius 3 is 2.40 bits per heavy atom. The van der Waals surface area contributed by atoms with Crippen molar-refractivity contribution in [1.29, 1.82) is 0 Å². The van der Waals surface area contributed by atoms with E-state index in [2.05, 4.69) is 0 Å². The van der Waals surface area contributed by atoms with Crippen LogP contribution in [0.1, 0.15) is 22.8 Å². The summed E-state index contributed by atoms with van der Waals surface area (Å²) in [6.07, 6.45) is -0.981. The number of aliphatic hydroxyl groups is 1. The maximum Gasteiger partial charge on any atom is 0.157 e. The highest BCUT2D eigenvalue weighted by Crippen LogP contribution is 2.17. The average Bonchev–Trinajstić information content (AvgIpc) is 2.38. The first-order chi connectivity index (χ1) is 9.46. The Balaban J connectivity index is 2.08. The van der Waals surface area contributed by atoms with Gasteiger partial charge in [-0.25, -0.2) is 8.42 Å². The number of aliphatic hydroxyl groups excluding tert-OH is 1. The molecule has 0 amide bonds. The van der Waals surface area contributed by atoms with Crippen LogP contribution in [0.25, 0.3) is 0 Å². The van der Waals surface area contributed by atoms with Gasteiger partial charge in [0.25, 0.3) is 0 Å². The predicted molar refractivity (Wildman–Crippen MR) is 80.1 cm³/mol. The Bertz CT molecular complexity index is 663. The first kappa shape index (κ1) is 14.8. The molecular formula is C16H18O3S. The minimum Gasteiger partial charge on any atom is -0.387 e. The molecule has 0 bridgehead atoms. The van der Waals surface area contributed by atoms with E-state index >= 15 is 0 Å². The van der Waals surface area contributed by atoms with Crippen molar-refractivity contribution in [3.63, 3.8) is 0 Å². The maximum absolute atomic E-state index is 12.1. The predicted octanol–water partition coefficient (Wildman–Crippen LogP) is 2.64. The van der Waals surface area contributed by atoms with E-state index in [1.54, 1.807) is 30.3 Å². The number of aryl methyl sites for hydroxylation is 1. The summed E-state index contributed by atoms with van der Waals surface area (Å²) in [6, 6.07) is 16.3. The zero-order valence-electron chi connectivity index (χ0n) is 11.4. The van der Waals surface area contributed by atoms with Gasteiger partial charge in [0.15, 0.2) is 9.84 Å². The van der Waals surface area contributed by atoms with Gasteiger partial charge in [-0.3, -0.25) is 0 Å². The van der Waals surface area contributed by atoms with Gasteiger partial charge in [0.05, 0.1) is 17.6 Å². The zero-order chi connectivity index (χ0) is 14.6. The Hall–Kier alpha value is -1.65. The highest BCUT2D eigenvalue weighted by Gasteiger charge is 2.19. The smallest absolute Gasteiger partial charge is 0.157 e. The third kappa shape index (κ3) is 4.18. The van der Waals surface area contributed by atoms with Crippen molar-refractivity contribution in [3.05, 3.63) is 71.3 Å². The molecule has 20 heavy (non-hydrogen) atoms. The van der Waals surface area contributed by atoms with Crippen LogP contribution >= 0.6 is 0 Å². The normalized spacial score (nSPS) is 13.1. The van der Waals surface area contributed by atoms with Crippen LogP contribution in [0.2, 0.25) is 0 Å². The average molecular weight is 290 g/mol. The van der Waals surface area contributed by atoms with Crippen molar-refractivity contribution in [1.82, 2.24) is 0 Å². The quantitative estimate of drug-likeness (QED) is 0.921. The summed E-state index contributed by atoms with van der Waals surface area (Å²) in [4.78, 5) is 0. The van der Waals surface area contributed by atoms with E-state index in [1.165, 1.54) is 0 Å². The summed E-state index contributed by atoms with van der Waals surface area (Å²) in [5, 5.41) is 10.0. The second kappa shape index (κ2) is 6.20. The first-order valence-corrected chi connectivity index (χ1v) is 8.27. The van der Waals surface area contributed by atoms with Gasteiger partial charge in [-0.15, -0.1) is 0 Å². The lowest BCUT2D eigenvalue weighted by Crippen LogP contribution is -2.16. The number of sulfone groups is 1. The van der Waals surface area contributed by atoms with Crippen molar-refractivity contribution in [2.75, 3.05) is 5.75 Å². The van der Waals surface area contributed by atoms with Gasteiger partial charge in [-0.1, -0.05) is 60.2 Å². The minimum absolute atomic E-state index is 0.0431. The van der Waals surface area contributed by atoms with Crippen molar-refractivity contribution in [3.8, 4) is 0 Å². The molecule has 4 heteroatoms. The largest absolute Gasteiger partial charge is 0.387 e. The minimum atomic E-state index is -3.35. The van der Waals surface area contributed by atoms with Crippen LogP contribution in [0.15, 0.2) is 54.6 Å². The van der Waals surface area contributed by atoms with E-state index < -0.39 is 15.9 Å². The lowest BCUT2D eigenvalue weighted by molar-refractivity contribution is 0.201. The van der Waals surface area contributed by atoms with E-state index in [1.807, 2.05) is 31.2 Å². The second-order valence-corrected chi connectivity index (χ2v) is 7.08. The van der Waals surface area contributed by atoms with Gasteiger partial charge in [-0.05, 0) is 18.1 Å². The zero-order valence-corrected chi connectivity index (χ0v) is 12.2. The van der Waals surface area contributed by atoms with Crippen LogP contribution in [0.5, 0.6) is 0 Å². The van der Waals surface area contributed by atoms with E-state index in [-0.39, 0.29) is 11.5 Å². The molecule has 106 valence electrons. The van der Waals surface area contributed by atoms with Crippen LogP contribution in [0.4, 0.5) is 0 Å². The Labute approximate surface area is 119 Å². The molecule has 0 aliphatic rings. The Kier molecular flexibility index (Phi) is 4.57. The number of hydrogen-bond donors (Lipinski definition) is 1. The molecule has 0 aliphatic heterocycles. The Morgan fingerprint density at radius 2 is 1.75 bits per heavy atom. The van der Waals surface area contributed by atoms with Crippen molar-refractivity contribution >= 4 is 9.84 Å². The van der Waals surface area contributed by atoms with Crippen LogP contribution in [0.3, 0.4) is 0 Å². The molecule has 1 N–H and O–H groups in total. The van der Waals surface area contributed by atoms with Crippen molar-refractivity contribution in [2.24, 2.45) is 0 Å². The van der Waals surface area contributed by atoms with Crippen LogP contribution in [0, 0.1) is 6.92 Å². The highest BCUT2D eigenvalue weighted by molar-refractivity contribution is 7.90. The molecule has 1 unspecified atom stereocenters. The SMILES string of the molecule is Cc1cccc(CS(=O)(=O)CC(O)c2ccccc2)c1. The van der Waals surface area contributed by atoms with Gasteiger partial charge >= 0.3 is 0 Å². The fourth-order valence-electron chi connectivity index (χ4n) is 2.13. The second-order valence-electron chi connectivity index (χ2n) is 4.97. The lowest BCUT2D eigenvalue weighted by atomic mass is 10.1. The summed E-state index contributed by atoms with van der Waals surface area (Å²) >= 11 is 0. The fraction of sp³-hybridized carbons (Fsp3) is 0.250. The molecule has 0 spiro atoms.